The third-order valence-electron chi connectivity index (χ3n) is 2.06. The van der Waals surface area contributed by atoms with Crippen molar-refractivity contribution >= 4 is 33.2 Å². The predicted octanol–water partition coefficient (Wildman–Crippen LogP) is 0.337. The fourth-order valence-electron chi connectivity index (χ4n) is 1.30. The molecule has 8 heteroatoms. The van der Waals surface area contributed by atoms with Gasteiger partial charge < -0.3 is 11.1 Å². The van der Waals surface area contributed by atoms with Crippen LogP contribution >= 0.6 is 11.6 Å². The van der Waals surface area contributed by atoms with Gasteiger partial charge in [0.2, 0.25) is 15.9 Å². The molecule has 1 amide bonds. The minimum atomic E-state index is -3.90. The number of benzene rings is 1. The van der Waals surface area contributed by atoms with Crippen LogP contribution < -0.4 is 15.8 Å². The van der Waals surface area contributed by atoms with Crippen LogP contribution in [0.2, 0.25) is 5.02 Å². The molecule has 0 aliphatic rings. The summed E-state index contributed by atoms with van der Waals surface area (Å²) >= 11 is 5.79. The number of likely N-dealkylation sites (N-methyl/N-ethyl adjacent to an activating group) is 1. The number of carbonyl (C=O) groups excluding carboxylic acids is 1. The Bertz CT molecular complexity index is 525. The van der Waals surface area contributed by atoms with E-state index >= 15 is 0 Å². The summed E-state index contributed by atoms with van der Waals surface area (Å²) in [5.74, 6) is -0.424. The molecule has 0 saturated heterocycles. The normalized spacial score (nSPS) is 11.2. The van der Waals surface area contributed by atoms with Gasteiger partial charge in [-0.05, 0) is 19.1 Å². The Morgan fingerprint density at radius 3 is 2.67 bits per heavy atom. The van der Waals surface area contributed by atoms with Crippen molar-refractivity contribution in [2.75, 3.05) is 18.8 Å². The standard InChI is InChI=1S/C10H14ClN3O3S/c1-2-13-9(15)6-14-18(16,17)10-7(11)4-3-5-8(10)12/h3-5,14H,2,6,12H2,1H3,(H,13,15). The highest BCUT2D eigenvalue weighted by Crippen LogP contribution is 2.26. The van der Waals surface area contributed by atoms with Crippen molar-refractivity contribution in [2.24, 2.45) is 0 Å². The molecular formula is C10H14ClN3O3S. The number of hydrogen-bond donors (Lipinski definition) is 3. The van der Waals surface area contributed by atoms with Crippen LogP contribution in [0.1, 0.15) is 6.92 Å². The summed E-state index contributed by atoms with van der Waals surface area (Å²) in [7, 11) is -3.90. The molecule has 0 unspecified atom stereocenters. The SMILES string of the molecule is CCNC(=O)CNS(=O)(=O)c1c(N)cccc1Cl. The van der Waals surface area contributed by atoms with Gasteiger partial charge in [0.05, 0.1) is 17.3 Å². The highest BCUT2D eigenvalue weighted by atomic mass is 35.5. The summed E-state index contributed by atoms with van der Waals surface area (Å²) in [5, 5.41) is 2.48. The first-order chi connectivity index (χ1) is 8.38. The predicted molar refractivity (Wildman–Crippen MR) is 69.7 cm³/mol. The number of hydrogen-bond acceptors (Lipinski definition) is 4. The van der Waals surface area contributed by atoms with Gasteiger partial charge >= 0.3 is 0 Å². The molecule has 100 valence electrons. The molecule has 1 aromatic carbocycles. The van der Waals surface area contributed by atoms with E-state index in [1.165, 1.54) is 12.1 Å². The van der Waals surface area contributed by atoms with Gasteiger partial charge in [0.15, 0.2) is 0 Å². The van der Waals surface area contributed by atoms with Crippen molar-refractivity contribution < 1.29 is 13.2 Å². The van der Waals surface area contributed by atoms with Crippen LogP contribution in [-0.4, -0.2) is 27.4 Å². The first kappa shape index (κ1) is 14.7. The molecule has 0 saturated carbocycles. The maximum atomic E-state index is 11.9. The van der Waals surface area contributed by atoms with E-state index in [1.807, 2.05) is 0 Å². The van der Waals surface area contributed by atoms with Crippen molar-refractivity contribution in [3.05, 3.63) is 23.2 Å². The van der Waals surface area contributed by atoms with Crippen LogP contribution in [-0.2, 0) is 14.8 Å². The number of nitrogens with one attached hydrogen (secondary N) is 2. The topological polar surface area (TPSA) is 101 Å². The van der Waals surface area contributed by atoms with E-state index in [1.54, 1.807) is 13.0 Å². The molecular weight excluding hydrogens is 278 g/mol. The Morgan fingerprint density at radius 2 is 2.11 bits per heavy atom. The first-order valence-corrected chi connectivity index (χ1v) is 7.05. The second kappa shape index (κ2) is 6.03. The second-order valence-corrected chi connectivity index (χ2v) is 5.55. The molecule has 0 aliphatic heterocycles. The Labute approximate surface area is 111 Å². The summed E-state index contributed by atoms with van der Waals surface area (Å²) < 4.78 is 26.0. The molecule has 6 nitrogen and oxygen atoms in total. The third kappa shape index (κ3) is 3.59. The number of amides is 1. The molecule has 0 radical (unpaired) electrons. The van der Waals surface area contributed by atoms with Crippen molar-refractivity contribution in [3.8, 4) is 0 Å². The van der Waals surface area contributed by atoms with E-state index in [0.717, 1.165) is 0 Å². The number of anilines is 1. The minimum absolute atomic E-state index is 0.0124. The van der Waals surface area contributed by atoms with E-state index in [0.29, 0.717) is 6.54 Å². The number of halogens is 1. The average molecular weight is 292 g/mol. The highest BCUT2D eigenvalue weighted by molar-refractivity contribution is 7.89. The number of nitrogens with two attached hydrogens (primary N) is 1. The second-order valence-electron chi connectivity index (χ2n) is 3.44. The zero-order valence-electron chi connectivity index (χ0n) is 9.73. The van der Waals surface area contributed by atoms with Gasteiger partial charge in [0, 0.05) is 6.54 Å². The monoisotopic (exact) mass is 291 g/mol. The molecule has 18 heavy (non-hydrogen) atoms. The lowest BCUT2D eigenvalue weighted by Gasteiger charge is -2.10. The van der Waals surface area contributed by atoms with Crippen molar-refractivity contribution in [1.29, 1.82) is 0 Å². The van der Waals surface area contributed by atoms with Gasteiger partial charge in [0.1, 0.15) is 4.90 Å². The summed E-state index contributed by atoms with van der Waals surface area (Å²) in [6.45, 7) is 1.80. The van der Waals surface area contributed by atoms with E-state index in [9.17, 15) is 13.2 Å². The lowest BCUT2D eigenvalue weighted by molar-refractivity contribution is -0.119. The van der Waals surface area contributed by atoms with Crippen LogP contribution in [0.5, 0.6) is 0 Å². The summed E-state index contributed by atoms with van der Waals surface area (Å²) in [5.41, 5.74) is 5.60. The third-order valence-corrected chi connectivity index (χ3v) is 4.01. The summed E-state index contributed by atoms with van der Waals surface area (Å²) in [4.78, 5) is 11.0. The maximum absolute atomic E-state index is 11.9. The van der Waals surface area contributed by atoms with Gasteiger partial charge in [-0.15, -0.1) is 0 Å². The lowest BCUT2D eigenvalue weighted by atomic mass is 10.3. The van der Waals surface area contributed by atoms with Gasteiger partial charge in [-0.3, -0.25) is 4.79 Å². The van der Waals surface area contributed by atoms with Gasteiger partial charge in [-0.2, -0.15) is 0 Å². The number of sulfonamides is 1. The molecule has 0 spiro atoms. The minimum Gasteiger partial charge on any atom is -0.398 e. The molecule has 1 aromatic rings. The fraction of sp³-hybridized carbons (Fsp3) is 0.300. The summed E-state index contributed by atoms with van der Waals surface area (Å²) in [6.07, 6.45) is 0. The van der Waals surface area contributed by atoms with Crippen molar-refractivity contribution in [1.82, 2.24) is 10.0 Å². The number of nitrogen functional groups attached to an aromatic ring is 1. The highest BCUT2D eigenvalue weighted by Gasteiger charge is 2.21. The number of carbonyl (C=O) groups is 1. The molecule has 1 rings (SSSR count). The Kier molecular flexibility index (Phi) is 4.94. The van der Waals surface area contributed by atoms with E-state index < -0.39 is 15.9 Å². The average Bonchev–Trinajstić information content (AvgIpc) is 2.26. The Hall–Kier alpha value is -1.31. The van der Waals surface area contributed by atoms with E-state index in [-0.39, 0.29) is 22.2 Å². The largest absolute Gasteiger partial charge is 0.398 e. The van der Waals surface area contributed by atoms with Gasteiger partial charge in [0.25, 0.3) is 0 Å². The lowest BCUT2D eigenvalue weighted by Crippen LogP contribution is -2.37. The maximum Gasteiger partial charge on any atom is 0.244 e. The molecule has 0 heterocycles. The zero-order chi connectivity index (χ0) is 13.8. The number of rotatable bonds is 5. The Morgan fingerprint density at radius 1 is 1.44 bits per heavy atom. The smallest absolute Gasteiger partial charge is 0.244 e. The molecule has 0 atom stereocenters. The first-order valence-electron chi connectivity index (χ1n) is 5.19. The molecule has 0 aliphatic carbocycles. The van der Waals surface area contributed by atoms with Crippen LogP contribution in [0.25, 0.3) is 0 Å². The van der Waals surface area contributed by atoms with Gasteiger partial charge in [-0.1, -0.05) is 17.7 Å². The molecule has 0 bridgehead atoms. The fourth-order valence-corrected chi connectivity index (χ4v) is 2.96. The van der Waals surface area contributed by atoms with Crippen molar-refractivity contribution in [2.45, 2.75) is 11.8 Å². The van der Waals surface area contributed by atoms with E-state index in [4.69, 9.17) is 17.3 Å². The van der Waals surface area contributed by atoms with Crippen LogP contribution in [0.3, 0.4) is 0 Å². The summed E-state index contributed by atoms with van der Waals surface area (Å²) in [6, 6.07) is 4.38. The molecule has 4 N–H and O–H groups in total. The Balaban J connectivity index is 2.91. The van der Waals surface area contributed by atoms with Gasteiger partial charge in [-0.25, -0.2) is 13.1 Å². The van der Waals surface area contributed by atoms with Crippen LogP contribution in [0.15, 0.2) is 23.1 Å². The molecule has 0 fully saturated rings. The van der Waals surface area contributed by atoms with Crippen LogP contribution in [0.4, 0.5) is 5.69 Å². The van der Waals surface area contributed by atoms with E-state index in [2.05, 4.69) is 10.0 Å². The van der Waals surface area contributed by atoms with Crippen LogP contribution in [0, 0.1) is 0 Å². The zero-order valence-corrected chi connectivity index (χ0v) is 11.3. The molecule has 0 aromatic heterocycles. The van der Waals surface area contributed by atoms with Crippen molar-refractivity contribution in [3.63, 3.8) is 0 Å². The quantitative estimate of drug-likeness (QED) is 0.681.